The standard InChI is InChI=1S/C8H16N2O2/c1-12-5-4-10-3-2-8(6-10)9-7-11/h7-8H,2-6H2,1H3,(H,9,11). The van der Waals surface area contributed by atoms with E-state index in [0.717, 1.165) is 39.1 Å². The van der Waals surface area contributed by atoms with E-state index in [-0.39, 0.29) is 0 Å². The number of carbonyl (C=O) groups excluding carboxylic acids is 1. The van der Waals surface area contributed by atoms with Crippen molar-refractivity contribution in [1.29, 1.82) is 0 Å². The Kier molecular flexibility index (Phi) is 4.04. The molecule has 0 aromatic rings. The fourth-order valence-corrected chi connectivity index (χ4v) is 1.49. The van der Waals surface area contributed by atoms with Gasteiger partial charge in [-0.3, -0.25) is 9.69 Å². The van der Waals surface area contributed by atoms with Crippen molar-refractivity contribution in [3.63, 3.8) is 0 Å². The molecule has 1 fully saturated rings. The quantitative estimate of drug-likeness (QED) is 0.566. The highest BCUT2D eigenvalue weighted by atomic mass is 16.5. The first-order chi connectivity index (χ1) is 5.86. The molecule has 0 radical (unpaired) electrons. The summed E-state index contributed by atoms with van der Waals surface area (Å²) in [6.45, 7) is 3.76. The summed E-state index contributed by atoms with van der Waals surface area (Å²) < 4.78 is 4.97. The van der Waals surface area contributed by atoms with Gasteiger partial charge in [0.05, 0.1) is 6.61 Å². The second kappa shape index (κ2) is 5.11. The minimum Gasteiger partial charge on any atom is -0.383 e. The molecule has 1 rings (SSSR count). The summed E-state index contributed by atoms with van der Waals surface area (Å²) >= 11 is 0. The van der Waals surface area contributed by atoms with Gasteiger partial charge in [0.25, 0.3) is 0 Å². The van der Waals surface area contributed by atoms with E-state index in [1.807, 2.05) is 0 Å². The van der Waals surface area contributed by atoms with Gasteiger partial charge in [0, 0.05) is 32.8 Å². The Balaban J connectivity index is 2.12. The van der Waals surface area contributed by atoms with Crippen LogP contribution in [0.5, 0.6) is 0 Å². The van der Waals surface area contributed by atoms with Crippen molar-refractivity contribution in [2.24, 2.45) is 0 Å². The smallest absolute Gasteiger partial charge is 0.207 e. The third kappa shape index (κ3) is 2.79. The highest BCUT2D eigenvalue weighted by molar-refractivity contribution is 5.46. The van der Waals surface area contributed by atoms with Crippen molar-refractivity contribution in [3.05, 3.63) is 0 Å². The maximum atomic E-state index is 10.1. The average molecular weight is 172 g/mol. The first kappa shape index (κ1) is 9.48. The number of nitrogens with one attached hydrogen (secondary N) is 1. The number of nitrogens with zero attached hydrogens (tertiary/aromatic N) is 1. The Morgan fingerprint density at radius 3 is 3.25 bits per heavy atom. The molecule has 0 aromatic carbocycles. The van der Waals surface area contributed by atoms with Crippen molar-refractivity contribution in [2.75, 3.05) is 33.4 Å². The molecule has 12 heavy (non-hydrogen) atoms. The van der Waals surface area contributed by atoms with Crippen LogP contribution in [-0.4, -0.2) is 50.7 Å². The van der Waals surface area contributed by atoms with Gasteiger partial charge in [-0.05, 0) is 6.42 Å². The van der Waals surface area contributed by atoms with Crippen molar-refractivity contribution in [1.82, 2.24) is 10.2 Å². The fraction of sp³-hybridized carbons (Fsp3) is 0.875. The summed E-state index contributed by atoms with van der Waals surface area (Å²) in [5, 5.41) is 2.79. The maximum Gasteiger partial charge on any atom is 0.207 e. The van der Waals surface area contributed by atoms with Crippen LogP contribution >= 0.6 is 0 Å². The summed E-state index contributed by atoms with van der Waals surface area (Å²) in [5.74, 6) is 0. The van der Waals surface area contributed by atoms with Crippen LogP contribution in [0.15, 0.2) is 0 Å². The molecule has 1 aliphatic rings. The van der Waals surface area contributed by atoms with Gasteiger partial charge < -0.3 is 10.1 Å². The molecule has 0 bridgehead atoms. The molecule has 0 spiro atoms. The Morgan fingerprint density at radius 1 is 1.75 bits per heavy atom. The van der Waals surface area contributed by atoms with Crippen LogP contribution in [-0.2, 0) is 9.53 Å². The highest BCUT2D eigenvalue weighted by Crippen LogP contribution is 2.07. The van der Waals surface area contributed by atoms with Crippen molar-refractivity contribution in [2.45, 2.75) is 12.5 Å². The molecule has 70 valence electrons. The number of methoxy groups -OCH3 is 1. The van der Waals surface area contributed by atoms with E-state index < -0.39 is 0 Å². The molecule has 1 atom stereocenters. The van der Waals surface area contributed by atoms with E-state index >= 15 is 0 Å². The zero-order valence-corrected chi connectivity index (χ0v) is 7.45. The molecule has 1 heterocycles. The Bertz CT molecular complexity index is 141. The van der Waals surface area contributed by atoms with Crippen LogP contribution in [0.1, 0.15) is 6.42 Å². The van der Waals surface area contributed by atoms with Gasteiger partial charge in [0.1, 0.15) is 0 Å². The predicted molar refractivity (Wildman–Crippen MR) is 45.9 cm³/mol. The van der Waals surface area contributed by atoms with Gasteiger partial charge in [-0.15, -0.1) is 0 Å². The topological polar surface area (TPSA) is 41.6 Å². The van der Waals surface area contributed by atoms with Gasteiger partial charge in [0.15, 0.2) is 0 Å². The summed E-state index contributed by atoms with van der Waals surface area (Å²) in [6.07, 6.45) is 1.84. The maximum absolute atomic E-state index is 10.1. The second-order valence-corrected chi connectivity index (χ2v) is 3.06. The van der Waals surface area contributed by atoms with E-state index in [1.165, 1.54) is 0 Å². The molecule has 1 unspecified atom stereocenters. The Morgan fingerprint density at radius 2 is 2.58 bits per heavy atom. The third-order valence-corrected chi connectivity index (χ3v) is 2.19. The van der Waals surface area contributed by atoms with Crippen LogP contribution < -0.4 is 5.32 Å². The zero-order chi connectivity index (χ0) is 8.81. The molecule has 1 amide bonds. The normalized spacial score (nSPS) is 24.2. The Hall–Kier alpha value is -0.610. The lowest BCUT2D eigenvalue weighted by molar-refractivity contribution is -0.110. The average Bonchev–Trinajstić information content (AvgIpc) is 2.50. The van der Waals surface area contributed by atoms with Gasteiger partial charge in [0.2, 0.25) is 6.41 Å². The first-order valence-electron chi connectivity index (χ1n) is 4.28. The van der Waals surface area contributed by atoms with Gasteiger partial charge in [-0.25, -0.2) is 0 Å². The first-order valence-corrected chi connectivity index (χ1v) is 4.28. The van der Waals surface area contributed by atoms with E-state index in [4.69, 9.17) is 4.74 Å². The second-order valence-electron chi connectivity index (χ2n) is 3.06. The number of hydrogen-bond donors (Lipinski definition) is 1. The number of hydrogen-bond acceptors (Lipinski definition) is 3. The number of carbonyl (C=O) groups is 1. The van der Waals surface area contributed by atoms with Gasteiger partial charge in [-0.1, -0.05) is 0 Å². The largest absolute Gasteiger partial charge is 0.383 e. The molecule has 1 aliphatic heterocycles. The fourth-order valence-electron chi connectivity index (χ4n) is 1.49. The minimum absolute atomic E-state index is 0.347. The lowest BCUT2D eigenvalue weighted by atomic mass is 10.3. The van der Waals surface area contributed by atoms with Crippen molar-refractivity contribution < 1.29 is 9.53 Å². The molecular weight excluding hydrogens is 156 g/mol. The van der Waals surface area contributed by atoms with Crippen molar-refractivity contribution >= 4 is 6.41 Å². The van der Waals surface area contributed by atoms with E-state index in [0.29, 0.717) is 6.04 Å². The highest BCUT2D eigenvalue weighted by Gasteiger charge is 2.20. The number of likely N-dealkylation sites (tertiary alicyclic amines) is 1. The van der Waals surface area contributed by atoms with Crippen LogP contribution in [0.25, 0.3) is 0 Å². The van der Waals surface area contributed by atoms with Gasteiger partial charge >= 0.3 is 0 Å². The lowest BCUT2D eigenvalue weighted by Crippen LogP contribution is -2.32. The van der Waals surface area contributed by atoms with Crippen LogP contribution in [0, 0.1) is 0 Å². The molecule has 0 aliphatic carbocycles. The zero-order valence-electron chi connectivity index (χ0n) is 7.45. The molecular formula is C8H16N2O2. The molecule has 1 saturated heterocycles. The summed E-state index contributed by atoms with van der Waals surface area (Å²) in [6, 6.07) is 0.347. The predicted octanol–water partition coefficient (Wildman–Crippen LogP) is -0.547. The Labute approximate surface area is 72.9 Å². The number of ether oxygens (including phenoxy) is 1. The van der Waals surface area contributed by atoms with E-state index in [1.54, 1.807) is 7.11 Å². The molecule has 0 saturated carbocycles. The molecule has 4 heteroatoms. The van der Waals surface area contributed by atoms with Crippen molar-refractivity contribution in [3.8, 4) is 0 Å². The number of rotatable bonds is 5. The van der Waals surface area contributed by atoms with E-state index in [9.17, 15) is 4.79 Å². The molecule has 4 nitrogen and oxygen atoms in total. The summed E-state index contributed by atoms with van der Waals surface area (Å²) in [7, 11) is 1.71. The monoisotopic (exact) mass is 172 g/mol. The third-order valence-electron chi connectivity index (χ3n) is 2.19. The molecule has 0 aromatic heterocycles. The summed E-state index contributed by atoms with van der Waals surface area (Å²) in [4.78, 5) is 12.4. The van der Waals surface area contributed by atoms with E-state index in [2.05, 4.69) is 10.2 Å². The lowest BCUT2D eigenvalue weighted by Gasteiger charge is -2.14. The van der Waals surface area contributed by atoms with Crippen LogP contribution in [0.3, 0.4) is 0 Å². The SMILES string of the molecule is COCCN1CCC(NC=O)C1. The van der Waals surface area contributed by atoms with Gasteiger partial charge in [-0.2, -0.15) is 0 Å². The summed E-state index contributed by atoms with van der Waals surface area (Å²) in [5.41, 5.74) is 0. The molecule has 1 N–H and O–H groups in total. The van der Waals surface area contributed by atoms with Crippen LogP contribution in [0.2, 0.25) is 0 Å². The minimum atomic E-state index is 0.347. The number of amides is 1. The van der Waals surface area contributed by atoms with Crippen LogP contribution in [0.4, 0.5) is 0 Å².